The zero-order valence-electron chi connectivity index (χ0n) is 14.7. The number of nitrogens with zero attached hydrogens (tertiary/aromatic N) is 2. The van der Waals surface area contributed by atoms with E-state index in [9.17, 15) is 9.59 Å². The summed E-state index contributed by atoms with van der Waals surface area (Å²) in [7, 11) is 0. The fourth-order valence-electron chi connectivity index (χ4n) is 2.09. The molecule has 1 aromatic carbocycles. The van der Waals surface area contributed by atoms with Gasteiger partial charge in [0.2, 0.25) is 5.91 Å². The molecule has 1 amide bonds. The summed E-state index contributed by atoms with van der Waals surface area (Å²) in [6, 6.07) is 9.39. The first-order valence-electron chi connectivity index (χ1n) is 8.33. The van der Waals surface area contributed by atoms with E-state index in [0.717, 1.165) is 11.3 Å². The zero-order chi connectivity index (χ0) is 18.5. The van der Waals surface area contributed by atoms with E-state index < -0.39 is 0 Å². The van der Waals surface area contributed by atoms with Gasteiger partial charge in [-0.25, -0.2) is 0 Å². The fraction of sp³-hybridized carbons (Fsp3) is 0.421. The molecule has 0 radical (unpaired) electrons. The maximum absolute atomic E-state index is 12.3. The van der Waals surface area contributed by atoms with Crippen molar-refractivity contribution in [2.75, 3.05) is 26.3 Å². The second-order valence-corrected chi connectivity index (χ2v) is 5.12. The summed E-state index contributed by atoms with van der Waals surface area (Å²) in [5, 5.41) is 8.73. The van der Waals surface area contributed by atoms with Gasteiger partial charge in [0, 0.05) is 19.2 Å². The van der Waals surface area contributed by atoms with Crippen molar-refractivity contribution in [2.45, 2.75) is 26.7 Å². The molecule has 0 spiro atoms. The third kappa shape index (κ3) is 8.02. The van der Waals surface area contributed by atoms with Gasteiger partial charge in [-0.1, -0.05) is 12.1 Å². The summed E-state index contributed by atoms with van der Waals surface area (Å²) in [4.78, 5) is 25.2. The molecule has 25 heavy (non-hydrogen) atoms. The summed E-state index contributed by atoms with van der Waals surface area (Å²) in [5.41, 5.74) is 0.863. The van der Waals surface area contributed by atoms with Gasteiger partial charge in [-0.05, 0) is 37.6 Å². The second-order valence-electron chi connectivity index (χ2n) is 5.12. The Labute approximate surface area is 148 Å². The largest absolute Gasteiger partial charge is 0.494 e. The van der Waals surface area contributed by atoms with Crippen LogP contribution in [-0.4, -0.2) is 43.1 Å². The molecule has 6 nitrogen and oxygen atoms in total. The molecule has 1 rings (SSSR count). The first kappa shape index (κ1) is 20.2. The van der Waals surface area contributed by atoms with Gasteiger partial charge in [0.05, 0.1) is 32.1 Å². The van der Waals surface area contributed by atoms with E-state index >= 15 is 0 Å². The lowest BCUT2D eigenvalue weighted by molar-refractivity contribution is -0.143. The Bertz CT molecular complexity index is 617. The van der Waals surface area contributed by atoms with Crippen LogP contribution in [0.25, 0.3) is 6.08 Å². The van der Waals surface area contributed by atoms with Crippen LogP contribution in [0.4, 0.5) is 0 Å². The van der Waals surface area contributed by atoms with Crippen molar-refractivity contribution in [1.82, 2.24) is 4.90 Å². The molecular weight excluding hydrogens is 320 g/mol. The van der Waals surface area contributed by atoms with Gasteiger partial charge >= 0.3 is 5.97 Å². The monoisotopic (exact) mass is 344 g/mol. The highest BCUT2D eigenvalue weighted by Gasteiger charge is 2.13. The smallest absolute Gasteiger partial charge is 0.307 e. The van der Waals surface area contributed by atoms with Gasteiger partial charge in [-0.3, -0.25) is 9.59 Å². The molecule has 6 heteroatoms. The highest BCUT2D eigenvalue weighted by molar-refractivity contribution is 5.92. The SMILES string of the molecule is CCOC(=O)CCN(CCC#N)C(=O)/C=C/c1ccc(OCC)cc1. The quantitative estimate of drug-likeness (QED) is 0.482. The molecule has 0 aliphatic heterocycles. The number of esters is 1. The Morgan fingerprint density at radius 1 is 1.16 bits per heavy atom. The van der Waals surface area contributed by atoms with Crippen LogP contribution in [0.5, 0.6) is 5.75 Å². The Kier molecular flexibility index (Phi) is 9.46. The Morgan fingerprint density at radius 2 is 1.88 bits per heavy atom. The third-order valence-electron chi connectivity index (χ3n) is 3.31. The average Bonchev–Trinajstić information content (AvgIpc) is 2.61. The Morgan fingerprint density at radius 3 is 2.48 bits per heavy atom. The van der Waals surface area contributed by atoms with E-state index in [2.05, 4.69) is 0 Å². The number of hydrogen-bond donors (Lipinski definition) is 0. The first-order valence-corrected chi connectivity index (χ1v) is 8.33. The first-order chi connectivity index (χ1) is 12.1. The number of carbonyl (C=O) groups excluding carboxylic acids is 2. The van der Waals surface area contributed by atoms with Gasteiger partial charge in [0.25, 0.3) is 0 Å². The molecule has 0 saturated carbocycles. The highest BCUT2D eigenvalue weighted by atomic mass is 16.5. The summed E-state index contributed by atoms with van der Waals surface area (Å²) in [5.74, 6) is 0.178. The third-order valence-corrected chi connectivity index (χ3v) is 3.31. The fourth-order valence-corrected chi connectivity index (χ4v) is 2.09. The van der Waals surface area contributed by atoms with Crippen LogP contribution in [0.15, 0.2) is 30.3 Å². The van der Waals surface area contributed by atoms with Crippen molar-refractivity contribution in [3.8, 4) is 11.8 Å². The molecule has 0 heterocycles. The molecule has 0 aliphatic rings. The van der Waals surface area contributed by atoms with Crippen molar-refractivity contribution >= 4 is 18.0 Å². The standard InChI is InChI=1S/C19H24N2O4/c1-3-24-17-9-6-16(7-10-17)8-11-18(22)21(14-5-13-20)15-12-19(23)25-4-2/h6-11H,3-5,12,14-15H2,1-2H3/b11-8+. The lowest BCUT2D eigenvalue weighted by atomic mass is 10.2. The highest BCUT2D eigenvalue weighted by Crippen LogP contribution is 2.13. The molecule has 0 aromatic heterocycles. The van der Waals surface area contributed by atoms with Crippen LogP contribution in [0.3, 0.4) is 0 Å². The molecule has 0 saturated heterocycles. The van der Waals surface area contributed by atoms with Gasteiger partial charge in [-0.15, -0.1) is 0 Å². The van der Waals surface area contributed by atoms with E-state index in [1.807, 2.05) is 37.3 Å². The second kappa shape index (κ2) is 11.7. The topological polar surface area (TPSA) is 79.6 Å². The Hall–Kier alpha value is -2.81. The maximum Gasteiger partial charge on any atom is 0.307 e. The van der Waals surface area contributed by atoms with Crippen LogP contribution < -0.4 is 4.74 Å². The van der Waals surface area contributed by atoms with E-state index in [4.69, 9.17) is 14.7 Å². The molecule has 0 N–H and O–H groups in total. The molecular formula is C19H24N2O4. The number of ether oxygens (including phenoxy) is 2. The number of carbonyl (C=O) groups is 2. The van der Waals surface area contributed by atoms with Crippen molar-refractivity contribution < 1.29 is 19.1 Å². The van der Waals surface area contributed by atoms with Crippen molar-refractivity contribution in [3.63, 3.8) is 0 Å². The number of nitriles is 1. The van der Waals surface area contributed by atoms with Crippen LogP contribution in [0.2, 0.25) is 0 Å². The molecule has 0 atom stereocenters. The van der Waals surface area contributed by atoms with Gasteiger partial charge in [0.15, 0.2) is 0 Å². The van der Waals surface area contributed by atoms with Crippen LogP contribution in [-0.2, 0) is 14.3 Å². The van der Waals surface area contributed by atoms with E-state index in [1.165, 1.54) is 11.0 Å². The number of amides is 1. The molecule has 0 aliphatic carbocycles. The number of hydrogen-bond acceptors (Lipinski definition) is 5. The minimum Gasteiger partial charge on any atom is -0.494 e. The van der Waals surface area contributed by atoms with Crippen molar-refractivity contribution in [3.05, 3.63) is 35.9 Å². The van der Waals surface area contributed by atoms with Crippen molar-refractivity contribution in [1.29, 1.82) is 5.26 Å². The van der Waals surface area contributed by atoms with Crippen LogP contribution >= 0.6 is 0 Å². The van der Waals surface area contributed by atoms with E-state index in [-0.39, 0.29) is 37.8 Å². The predicted octanol–water partition coefficient (Wildman–Crippen LogP) is 2.79. The van der Waals surface area contributed by atoms with Gasteiger partial charge < -0.3 is 14.4 Å². The van der Waals surface area contributed by atoms with Crippen LogP contribution in [0, 0.1) is 11.3 Å². The average molecular weight is 344 g/mol. The normalized spacial score (nSPS) is 10.3. The van der Waals surface area contributed by atoms with E-state index in [0.29, 0.717) is 13.2 Å². The lowest BCUT2D eigenvalue weighted by Crippen LogP contribution is -2.32. The molecule has 0 fully saturated rings. The molecule has 1 aromatic rings. The van der Waals surface area contributed by atoms with Crippen molar-refractivity contribution in [2.24, 2.45) is 0 Å². The molecule has 134 valence electrons. The summed E-state index contributed by atoms with van der Waals surface area (Å²) in [6.45, 7) is 5.06. The van der Waals surface area contributed by atoms with E-state index in [1.54, 1.807) is 13.0 Å². The van der Waals surface area contributed by atoms with Gasteiger partial charge in [0.1, 0.15) is 5.75 Å². The number of rotatable bonds is 10. The maximum atomic E-state index is 12.3. The summed E-state index contributed by atoms with van der Waals surface area (Å²) >= 11 is 0. The zero-order valence-corrected chi connectivity index (χ0v) is 14.7. The lowest BCUT2D eigenvalue weighted by Gasteiger charge is -2.19. The van der Waals surface area contributed by atoms with Crippen LogP contribution in [0.1, 0.15) is 32.3 Å². The number of benzene rings is 1. The minimum atomic E-state index is -0.354. The molecule has 0 bridgehead atoms. The molecule has 0 unspecified atom stereocenters. The van der Waals surface area contributed by atoms with Gasteiger partial charge in [-0.2, -0.15) is 5.26 Å². The Balaban J connectivity index is 2.66. The minimum absolute atomic E-state index is 0.113. The predicted molar refractivity (Wildman–Crippen MR) is 94.7 cm³/mol. The summed E-state index contributed by atoms with van der Waals surface area (Å²) in [6.07, 6.45) is 3.47. The summed E-state index contributed by atoms with van der Waals surface area (Å²) < 4.78 is 10.2.